The highest BCUT2D eigenvalue weighted by atomic mass is 32.2. The van der Waals surface area contributed by atoms with Gasteiger partial charge in [0.05, 0.1) is 10.6 Å². The van der Waals surface area contributed by atoms with Gasteiger partial charge in [0, 0.05) is 17.6 Å². The number of sulfonamides is 1. The zero-order valence-electron chi connectivity index (χ0n) is 12.7. The maximum atomic E-state index is 12.3. The van der Waals surface area contributed by atoms with E-state index in [0.29, 0.717) is 10.8 Å². The molecular formula is C15H20N4O2S2. The van der Waals surface area contributed by atoms with Crippen molar-refractivity contribution in [3.63, 3.8) is 0 Å². The second kappa shape index (κ2) is 6.86. The van der Waals surface area contributed by atoms with E-state index < -0.39 is 10.0 Å². The van der Waals surface area contributed by atoms with Gasteiger partial charge in [-0.2, -0.15) is 0 Å². The summed E-state index contributed by atoms with van der Waals surface area (Å²) in [5.74, 6) is 0. The van der Waals surface area contributed by atoms with Crippen LogP contribution < -0.4 is 10.5 Å². The normalized spacial score (nSPS) is 16.3. The van der Waals surface area contributed by atoms with Crippen LogP contribution in [0.5, 0.6) is 0 Å². The van der Waals surface area contributed by atoms with E-state index in [4.69, 9.17) is 5.73 Å². The highest BCUT2D eigenvalue weighted by molar-refractivity contribution is 7.93. The van der Waals surface area contributed by atoms with Gasteiger partial charge in [0.15, 0.2) is 5.13 Å². The van der Waals surface area contributed by atoms with Gasteiger partial charge >= 0.3 is 0 Å². The lowest BCUT2D eigenvalue weighted by molar-refractivity contribution is 0.219. The van der Waals surface area contributed by atoms with Crippen molar-refractivity contribution >= 4 is 32.2 Å². The van der Waals surface area contributed by atoms with Gasteiger partial charge < -0.3 is 5.73 Å². The first-order chi connectivity index (χ1) is 11.0. The van der Waals surface area contributed by atoms with Crippen LogP contribution in [0.2, 0.25) is 0 Å². The lowest BCUT2D eigenvalue weighted by atomic mass is 10.1. The van der Waals surface area contributed by atoms with Crippen molar-refractivity contribution in [2.45, 2.75) is 30.7 Å². The number of thiazole rings is 1. The Kier molecular flexibility index (Phi) is 4.84. The van der Waals surface area contributed by atoms with Gasteiger partial charge in [0.1, 0.15) is 0 Å². The Morgan fingerprint density at radius 1 is 1.17 bits per heavy atom. The second-order valence-electron chi connectivity index (χ2n) is 5.66. The van der Waals surface area contributed by atoms with E-state index in [1.807, 2.05) is 5.38 Å². The molecule has 3 N–H and O–H groups in total. The van der Waals surface area contributed by atoms with Gasteiger partial charge in [-0.25, -0.2) is 13.4 Å². The lowest BCUT2D eigenvalue weighted by Crippen LogP contribution is -2.29. The number of anilines is 2. The summed E-state index contributed by atoms with van der Waals surface area (Å²) in [4.78, 5) is 6.93. The fraction of sp³-hybridized carbons (Fsp3) is 0.400. The molecule has 1 aliphatic rings. The number of nitrogens with one attached hydrogen (secondary N) is 1. The molecule has 8 heteroatoms. The molecule has 124 valence electrons. The van der Waals surface area contributed by atoms with E-state index in [0.717, 1.165) is 25.3 Å². The van der Waals surface area contributed by atoms with E-state index in [9.17, 15) is 8.42 Å². The minimum atomic E-state index is -3.62. The Balaban J connectivity index is 1.67. The number of hydrogen-bond acceptors (Lipinski definition) is 6. The van der Waals surface area contributed by atoms with Gasteiger partial charge in [-0.1, -0.05) is 6.42 Å². The summed E-state index contributed by atoms with van der Waals surface area (Å²) in [6.07, 6.45) is 3.74. The van der Waals surface area contributed by atoms with Crippen molar-refractivity contribution in [1.82, 2.24) is 9.88 Å². The van der Waals surface area contributed by atoms with Crippen LogP contribution in [0.25, 0.3) is 0 Å². The zero-order chi connectivity index (χ0) is 16.3. The number of aromatic nitrogens is 1. The first-order valence-electron chi connectivity index (χ1n) is 7.58. The Morgan fingerprint density at radius 3 is 2.57 bits per heavy atom. The third-order valence-electron chi connectivity index (χ3n) is 3.80. The molecule has 0 bridgehead atoms. The molecule has 2 heterocycles. The van der Waals surface area contributed by atoms with Gasteiger partial charge in [-0.3, -0.25) is 9.62 Å². The minimum absolute atomic E-state index is 0.180. The average molecular weight is 352 g/mol. The van der Waals surface area contributed by atoms with Crippen LogP contribution in [0.3, 0.4) is 0 Å². The molecular weight excluding hydrogens is 332 g/mol. The summed E-state index contributed by atoms with van der Waals surface area (Å²) in [6, 6.07) is 6.11. The molecule has 1 fully saturated rings. The molecule has 3 rings (SSSR count). The molecule has 2 aromatic rings. The smallest absolute Gasteiger partial charge is 0.263 e. The molecule has 0 aliphatic carbocycles. The Labute approximate surface area is 140 Å². The van der Waals surface area contributed by atoms with Crippen LogP contribution in [0.15, 0.2) is 34.5 Å². The van der Waals surface area contributed by atoms with Crippen LogP contribution in [0.1, 0.15) is 25.0 Å². The van der Waals surface area contributed by atoms with Crippen LogP contribution in [0.4, 0.5) is 10.8 Å². The standard InChI is InChI=1S/C15H20N4O2S2/c16-12-4-6-14(7-5-12)23(20,21)18-15-17-13(11-22-15)10-19-8-2-1-3-9-19/h4-7,11H,1-3,8-10,16H2,(H,17,18). The number of nitrogens with two attached hydrogens (primary N) is 1. The predicted molar refractivity (Wildman–Crippen MR) is 92.9 cm³/mol. The Bertz CT molecular complexity index is 750. The van der Waals surface area contributed by atoms with Gasteiger partial charge in [-0.05, 0) is 50.2 Å². The van der Waals surface area contributed by atoms with Crippen molar-refractivity contribution < 1.29 is 8.42 Å². The van der Waals surface area contributed by atoms with Crippen LogP contribution in [-0.4, -0.2) is 31.4 Å². The summed E-state index contributed by atoms with van der Waals surface area (Å²) in [5.41, 5.74) is 7.02. The molecule has 1 aromatic carbocycles. The molecule has 0 atom stereocenters. The Morgan fingerprint density at radius 2 is 1.87 bits per heavy atom. The zero-order valence-corrected chi connectivity index (χ0v) is 14.4. The van der Waals surface area contributed by atoms with Gasteiger partial charge in [0.2, 0.25) is 0 Å². The number of nitrogen functional groups attached to an aromatic ring is 1. The Hall–Kier alpha value is -1.64. The average Bonchev–Trinajstić information content (AvgIpc) is 2.95. The minimum Gasteiger partial charge on any atom is -0.399 e. The molecule has 0 unspecified atom stereocenters. The van der Waals surface area contributed by atoms with E-state index in [1.54, 1.807) is 12.1 Å². The first-order valence-corrected chi connectivity index (χ1v) is 9.94. The molecule has 0 saturated carbocycles. The molecule has 1 saturated heterocycles. The fourth-order valence-corrected chi connectivity index (χ4v) is 4.55. The number of benzene rings is 1. The van der Waals surface area contributed by atoms with Crippen molar-refractivity contribution in [3.8, 4) is 0 Å². The fourth-order valence-electron chi connectivity index (χ4n) is 2.59. The highest BCUT2D eigenvalue weighted by Gasteiger charge is 2.17. The molecule has 1 aromatic heterocycles. The number of piperidine rings is 1. The van der Waals surface area contributed by atoms with Crippen LogP contribution >= 0.6 is 11.3 Å². The van der Waals surface area contributed by atoms with E-state index in [-0.39, 0.29) is 4.90 Å². The molecule has 0 amide bonds. The van der Waals surface area contributed by atoms with E-state index in [1.165, 1.54) is 42.7 Å². The van der Waals surface area contributed by atoms with Crippen LogP contribution in [0, 0.1) is 0 Å². The third kappa shape index (κ3) is 4.21. The summed E-state index contributed by atoms with van der Waals surface area (Å²) in [5, 5.41) is 2.31. The molecule has 1 aliphatic heterocycles. The summed E-state index contributed by atoms with van der Waals surface area (Å²) in [7, 11) is -3.62. The number of hydrogen-bond donors (Lipinski definition) is 2. The van der Waals surface area contributed by atoms with Gasteiger partial charge in [-0.15, -0.1) is 11.3 Å². The third-order valence-corrected chi connectivity index (χ3v) is 6.09. The highest BCUT2D eigenvalue weighted by Crippen LogP contribution is 2.22. The molecule has 23 heavy (non-hydrogen) atoms. The topological polar surface area (TPSA) is 88.3 Å². The maximum Gasteiger partial charge on any atom is 0.263 e. The number of likely N-dealkylation sites (tertiary alicyclic amines) is 1. The first kappa shape index (κ1) is 16.2. The SMILES string of the molecule is Nc1ccc(S(=O)(=O)Nc2nc(CN3CCCCC3)cs2)cc1. The van der Waals surface area contributed by atoms with Crippen molar-refractivity contribution in [3.05, 3.63) is 35.3 Å². The molecule has 6 nitrogen and oxygen atoms in total. The quantitative estimate of drug-likeness (QED) is 0.807. The van der Waals surface area contributed by atoms with Crippen molar-refractivity contribution in [1.29, 1.82) is 0 Å². The lowest BCUT2D eigenvalue weighted by Gasteiger charge is -2.25. The predicted octanol–water partition coefficient (Wildman–Crippen LogP) is 2.51. The van der Waals surface area contributed by atoms with Gasteiger partial charge in [0.25, 0.3) is 10.0 Å². The summed E-state index contributed by atoms with van der Waals surface area (Å²) >= 11 is 1.31. The second-order valence-corrected chi connectivity index (χ2v) is 8.20. The van der Waals surface area contributed by atoms with Crippen molar-refractivity contribution in [2.24, 2.45) is 0 Å². The number of nitrogens with zero attached hydrogens (tertiary/aromatic N) is 2. The van der Waals surface area contributed by atoms with Crippen LogP contribution in [-0.2, 0) is 16.6 Å². The van der Waals surface area contributed by atoms with Crippen molar-refractivity contribution in [2.75, 3.05) is 23.5 Å². The van der Waals surface area contributed by atoms with E-state index >= 15 is 0 Å². The maximum absolute atomic E-state index is 12.3. The largest absolute Gasteiger partial charge is 0.399 e. The summed E-state index contributed by atoms with van der Waals surface area (Å²) in [6.45, 7) is 2.95. The van der Waals surface area contributed by atoms with E-state index in [2.05, 4.69) is 14.6 Å². The molecule has 0 radical (unpaired) electrons. The summed E-state index contributed by atoms with van der Waals surface area (Å²) < 4.78 is 27.2. The molecule has 0 spiro atoms. The number of rotatable bonds is 5. The monoisotopic (exact) mass is 352 g/mol.